The highest BCUT2D eigenvalue weighted by Gasteiger charge is 2.28. The highest BCUT2D eigenvalue weighted by atomic mass is 35.5. The van der Waals surface area contributed by atoms with Crippen molar-refractivity contribution in [1.29, 1.82) is 0 Å². The van der Waals surface area contributed by atoms with E-state index in [-0.39, 0.29) is 5.66 Å². The van der Waals surface area contributed by atoms with Crippen LogP contribution in [-0.2, 0) is 0 Å². The summed E-state index contributed by atoms with van der Waals surface area (Å²) >= 11 is 12.0. The Bertz CT molecular complexity index is 399. The third-order valence-electron chi connectivity index (χ3n) is 3.74. The summed E-state index contributed by atoms with van der Waals surface area (Å²) < 4.78 is 0. The fraction of sp³-hybridized carbons (Fsp3) is 0.571. The fourth-order valence-electron chi connectivity index (χ4n) is 2.62. The Kier molecular flexibility index (Phi) is 4.77. The van der Waals surface area contributed by atoms with Gasteiger partial charge in [-0.15, -0.1) is 0 Å². The van der Waals surface area contributed by atoms with Crippen LogP contribution in [-0.4, -0.2) is 12.7 Å². The SMILES string of the molecule is CNC1(Nc2ccc(Cl)c(Cl)c2)CCCCCC1. The van der Waals surface area contributed by atoms with Crippen LogP contribution in [0, 0.1) is 0 Å². The van der Waals surface area contributed by atoms with Crippen molar-refractivity contribution < 1.29 is 0 Å². The zero-order valence-corrected chi connectivity index (χ0v) is 12.2. The molecule has 0 radical (unpaired) electrons. The van der Waals surface area contributed by atoms with Crippen LogP contribution in [0.15, 0.2) is 18.2 Å². The first-order chi connectivity index (χ1) is 8.65. The van der Waals surface area contributed by atoms with Gasteiger partial charge in [-0.05, 0) is 50.9 Å². The smallest absolute Gasteiger partial charge is 0.0879 e. The van der Waals surface area contributed by atoms with Crippen molar-refractivity contribution in [2.75, 3.05) is 12.4 Å². The van der Waals surface area contributed by atoms with Crippen molar-refractivity contribution in [3.05, 3.63) is 28.2 Å². The Hall–Kier alpha value is -0.440. The molecule has 1 aliphatic rings. The van der Waals surface area contributed by atoms with Gasteiger partial charge in [0.15, 0.2) is 0 Å². The molecule has 1 saturated carbocycles. The maximum Gasteiger partial charge on any atom is 0.0879 e. The van der Waals surface area contributed by atoms with Crippen LogP contribution >= 0.6 is 23.2 Å². The lowest BCUT2D eigenvalue weighted by Gasteiger charge is -2.35. The molecule has 2 rings (SSSR count). The minimum absolute atomic E-state index is 0.00629. The van der Waals surface area contributed by atoms with E-state index in [0.717, 1.165) is 18.5 Å². The number of nitrogens with one attached hydrogen (secondary N) is 2. The predicted molar refractivity (Wildman–Crippen MR) is 79.6 cm³/mol. The van der Waals surface area contributed by atoms with E-state index in [1.54, 1.807) is 0 Å². The van der Waals surface area contributed by atoms with Gasteiger partial charge in [0.05, 0.1) is 15.7 Å². The van der Waals surface area contributed by atoms with Gasteiger partial charge in [-0.25, -0.2) is 0 Å². The maximum absolute atomic E-state index is 6.06. The highest BCUT2D eigenvalue weighted by Crippen LogP contribution is 2.31. The second-order valence-corrected chi connectivity index (χ2v) is 5.81. The molecule has 0 aliphatic heterocycles. The molecule has 0 saturated heterocycles. The zero-order valence-electron chi connectivity index (χ0n) is 10.7. The Labute approximate surface area is 119 Å². The molecule has 0 aromatic heterocycles. The molecule has 0 heterocycles. The summed E-state index contributed by atoms with van der Waals surface area (Å²) in [4.78, 5) is 0. The Morgan fingerprint density at radius 3 is 2.22 bits per heavy atom. The van der Waals surface area contributed by atoms with Gasteiger partial charge in [-0.2, -0.15) is 0 Å². The fourth-order valence-corrected chi connectivity index (χ4v) is 2.92. The Morgan fingerprint density at radius 1 is 1.00 bits per heavy atom. The largest absolute Gasteiger partial charge is 0.367 e. The van der Waals surface area contributed by atoms with Gasteiger partial charge in [-0.1, -0.05) is 36.0 Å². The molecule has 1 aromatic carbocycles. The number of rotatable bonds is 3. The monoisotopic (exact) mass is 286 g/mol. The lowest BCUT2D eigenvalue weighted by molar-refractivity contribution is 0.351. The van der Waals surface area contributed by atoms with Gasteiger partial charge in [0.2, 0.25) is 0 Å². The predicted octanol–water partition coefficient (Wildman–Crippen LogP) is 4.68. The molecule has 0 atom stereocenters. The third kappa shape index (κ3) is 3.31. The van der Waals surface area contributed by atoms with Crippen molar-refractivity contribution in [1.82, 2.24) is 5.32 Å². The number of benzene rings is 1. The molecule has 0 unspecified atom stereocenters. The molecule has 100 valence electrons. The second-order valence-electron chi connectivity index (χ2n) is 5.00. The van der Waals surface area contributed by atoms with Crippen molar-refractivity contribution >= 4 is 28.9 Å². The molecular weight excluding hydrogens is 267 g/mol. The van der Waals surface area contributed by atoms with Crippen molar-refractivity contribution in [3.8, 4) is 0 Å². The van der Waals surface area contributed by atoms with E-state index in [2.05, 4.69) is 10.6 Å². The Balaban J connectivity index is 2.15. The van der Waals surface area contributed by atoms with E-state index in [4.69, 9.17) is 23.2 Å². The van der Waals surface area contributed by atoms with Crippen LogP contribution in [0.2, 0.25) is 10.0 Å². The molecule has 2 N–H and O–H groups in total. The maximum atomic E-state index is 6.06. The molecule has 4 heteroatoms. The van der Waals surface area contributed by atoms with Crippen LogP contribution in [0.25, 0.3) is 0 Å². The summed E-state index contributed by atoms with van der Waals surface area (Å²) in [6, 6.07) is 5.72. The van der Waals surface area contributed by atoms with Crippen LogP contribution in [0.1, 0.15) is 38.5 Å². The first-order valence-corrected chi connectivity index (χ1v) is 7.33. The quantitative estimate of drug-likeness (QED) is 0.623. The normalized spacial score (nSPS) is 19.3. The lowest BCUT2D eigenvalue weighted by atomic mass is 10.00. The van der Waals surface area contributed by atoms with Crippen LogP contribution in [0.3, 0.4) is 0 Å². The van der Waals surface area contributed by atoms with E-state index in [1.165, 1.54) is 25.7 Å². The number of anilines is 1. The number of hydrogen-bond acceptors (Lipinski definition) is 2. The molecular formula is C14H20Cl2N2. The zero-order chi connectivity index (χ0) is 13.0. The summed E-state index contributed by atoms with van der Waals surface area (Å²) in [7, 11) is 2.02. The summed E-state index contributed by atoms with van der Waals surface area (Å²) in [5.41, 5.74) is 1.02. The first-order valence-electron chi connectivity index (χ1n) is 6.57. The molecule has 0 bridgehead atoms. The minimum atomic E-state index is -0.00629. The number of halogens is 2. The number of hydrogen-bond donors (Lipinski definition) is 2. The minimum Gasteiger partial charge on any atom is -0.367 e. The van der Waals surface area contributed by atoms with E-state index in [1.807, 2.05) is 25.2 Å². The molecule has 1 fully saturated rings. The molecule has 1 aliphatic carbocycles. The van der Waals surface area contributed by atoms with Gasteiger partial charge < -0.3 is 5.32 Å². The van der Waals surface area contributed by atoms with Gasteiger partial charge >= 0.3 is 0 Å². The Morgan fingerprint density at radius 2 is 1.67 bits per heavy atom. The standard InChI is InChI=1S/C14H20Cl2N2/c1-17-14(8-4-2-3-5-9-14)18-11-6-7-12(15)13(16)10-11/h6-7,10,17-18H,2-5,8-9H2,1H3. The summed E-state index contributed by atoms with van der Waals surface area (Å²) in [6.45, 7) is 0. The van der Waals surface area contributed by atoms with Gasteiger partial charge in [-0.3, -0.25) is 5.32 Å². The highest BCUT2D eigenvalue weighted by molar-refractivity contribution is 6.42. The van der Waals surface area contributed by atoms with Gasteiger partial charge in [0, 0.05) is 5.69 Å². The third-order valence-corrected chi connectivity index (χ3v) is 4.48. The summed E-state index contributed by atoms with van der Waals surface area (Å²) in [6.07, 6.45) is 7.46. The van der Waals surface area contributed by atoms with E-state index in [9.17, 15) is 0 Å². The van der Waals surface area contributed by atoms with E-state index in [0.29, 0.717) is 10.0 Å². The first kappa shape index (κ1) is 14.0. The van der Waals surface area contributed by atoms with Crippen molar-refractivity contribution in [2.24, 2.45) is 0 Å². The molecule has 0 amide bonds. The van der Waals surface area contributed by atoms with Crippen molar-refractivity contribution in [2.45, 2.75) is 44.2 Å². The summed E-state index contributed by atoms with van der Waals surface area (Å²) in [5.74, 6) is 0. The molecule has 1 aromatic rings. The van der Waals surface area contributed by atoms with Crippen molar-refractivity contribution in [3.63, 3.8) is 0 Å². The molecule has 2 nitrogen and oxygen atoms in total. The van der Waals surface area contributed by atoms with Crippen LogP contribution in [0.5, 0.6) is 0 Å². The van der Waals surface area contributed by atoms with Gasteiger partial charge in [0.25, 0.3) is 0 Å². The topological polar surface area (TPSA) is 24.1 Å². The average Bonchev–Trinajstić information content (AvgIpc) is 2.60. The van der Waals surface area contributed by atoms with E-state index >= 15 is 0 Å². The summed E-state index contributed by atoms with van der Waals surface area (Å²) in [5, 5.41) is 8.25. The van der Waals surface area contributed by atoms with Gasteiger partial charge in [0.1, 0.15) is 0 Å². The molecule has 0 spiro atoms. The van der Waals surface area contributed by atoms with Crippen LogP contribution in [0.4, 0.5) is 5.69 Å². The van der Waals surface area contributed by atoms with E-state index < -0.39 is 0 Å². The molecule has 18 heavy (non-hydrogen) atoms. The second kappa shape index (κ2) is 6.14. The average molecular weight is 287 g/mol. The lowest BCUT2D eigenvalue weighted by Crippen LogP contribution is -2.49. The van der Waals surface area contributed by atoms with Crippen LogP contribution < -0.4 is 10.6 Å².